The monoisotopic (exact) mass is 415 g/mol. The van der Waals surface area contributed by atoms with Crippen LogP contribution in [0, 0.1) is 0 Å². The molecule has 2 aromatic carbocycles. The zero-order valence-electron chi connectivity index (χ0n) is 14.7. The predicted molar refractivity (Wildman–Crippen MR) is 104 cm³/mol. The minimum Gasteiger partial charge on any atom is -0.452 e. The number of benzene rings is 2. The van der Waals surface area contributed by atoms with E-state index in [0.29, 0.717) is 0 Å². The van der Waals surface area contributed by atoms with Crippen molar-refractivity contribution in [2.45, 2.75) is 44.8 Å². The molecule has 0 radical (unpaired) electrons. The summed E-state index contributed by atoms with van der Waals surface area (Å²) in [5.41, 5.74) is 3.30. The highest BCUT2D eigenvalue weighted by Crippen LogP contribution is 2.29. The average molecular weight is 416 g/mol. The van der Waals surface area contributed by atoms with Gasteiger partial charge in [0.05, 0.1) is 12.5 Å². The fourth-order valence-corrected chi connectivity index (χ4v) is 3.52. The van der Waals surface area contributed by atoms with E-state index in [1.807, 2.05) is 36.4 Å². The molecule has 0 bridgehead atoms. The Balaban J connectivity index is 1.55. The van der Waals surface area contributed by atoms with Crippen LogP contribution in [0.1, 0.15) is 42.5 Å². The van der Waals surface area contributed by atoms with Crippen molar-refractivity contribution < 1.29 is 14.3 Å². The van der Waals surface area contributed by atoms with Crippen LogP contribution in [0.4, 0.5) is 0 Å². The van der Waals surface area contributed by atoms with Gasteiger partial charge in [0.2, 0.25) is 0 Å². The van der Waals surface area contributed by atoms with Crippen LogP contribution in [0.3, 0.4) is 0 Å². The fourth-order valence-electron chi connectivity index (χ4n) is 3.25. The SMILES string of the molecule is CC(OC(=O)Cc1ccc(Br)cc1)C(=O)NC1CCCc2ccccc21. The third-order valence-electron chi connectivity index (χ3n) is 4.63. The molecule has 1 N–H and O–H groups in total. The van der Waals surface area contributed by atoms with Gasteiger partial charge in [0.1, 0.15) is 0 Å². The molecule has 136 valence electrons. The number of carbonyl (C=O) groups is 2. The number of ether oxygens (including phenoxy) is 1. The van der Waals surface area contributed by atoms with E-state index in [0.717, 1.165) is 29.3 Å². The Bertz CT molecular complexity index is 788. The molecule has 0 fully saturated rings. The first-order valence-corrected chi connectivity index (χ1v) is 9.64. The topological polar surface area (TPSA) is 55.4 Å². The van der Waals surface area contributed by atoms with Crippen LogP contribution in [0.25, 0.3) is 0 Å². The van der Waals surface area contributed by atoms with Crippen LogP contribution in [0.15, 0.2) is 53.0 Å². The second kappa shape index (κ2) is 8.49. The first-order valence-electron chi connectivity index (χ1n) is 8.85. The normalized spacial score (nSPS) is 17.1. The largest absolute Gasteiger partial charge is 0.452 e. The van der Waals surface area contributed by atoms with Crippen LogP contribution < -0.4 is 5.32 Å². The molecular weight excluding hydrogens is 394 g/mol. The zero-order chi connectivity index (χ0) is 18.5. The quantitative estimate of drug-likeness (QED) is 0.747. The Labute approximate surface area is 162 Å². The molecule has 1 amide bonds. The first kappa shape index (κ1) is 18.6. The number of hydrogen-bond acceptors (Lipinski definition) is 3. The maximum Gasteiger partial charge on any atom is 0.311 e. The van der Waals surface area contributed by atoms with E-state index >= 15 is 0 Å². The van der Waals surface area contributed by atoms with Crippen molar-refractivity contribution in [3.8, 4) is 0 Å². The van der Waals surface area contributed by atoms with Gasteiger partial charge in [0.15, 0.2) is 6.10 Å². The lowest BCUT2D eigenvalue weighted by Gasteiger charge is -2.27. The van der Waals surface area contributed by atoms with Crippen molar-refractivity contribution in [1.29, 1.82) is 0 Å². The molecule has 2 atom stereocenters. The van der Waals surface area contributed by atoms with Crippen LogP contribution in [0.5, 0.6) is 0 Å². The van der Waals surface area contributed by atoms with Crippen LogP contribution in [0.2, 0.25) is 0 Å². The maximum absolute atomic E-state index is 12.5. The first-order chi connectivity index (χ1) is 12.5. The molecule has 1 aliphatic carbocycles. The van der Waals surface area contributed by atoms with Gasteiger partial charge in [-0.15, -0.1) is 0 Å². The third kappa shape index (κ3) is 4.73. The molecule has 0 aromatic heterocycles. The van der Waals surface area contributed by atoms with E-state index in [1.54, 1.807) is 6.92 Å². The van der Waals surface area contributed by atoms with Gasteiger partial charge in [-0.25, -0.2) is 0 Å². The molecule has 26 heavy (non-hydrogen) atoms. The van der Waals surface area contributed by atoms with Crippen molar-refractivity contribution in [3.05, 3.63) is 69.7 Å². The number of hydrogen-bond donors (Lipinski definition) is 1. The second-order valence-corrected chi connectivity index (χ2v) is 7.50. The molecule has 0 saturated carbocycles. The number of carbonyl (C=O) groups excluding carboxylic acids is 2. The lowest BCUT2D eigenvalue weighted by Crippen LogP contribution is -2.39. The molecular formula is C21H22BrNO3. The summed E-state index contributed by atoms with van der Waals surface area (Å²) >= 11 is 3.36. The van der Waals surface area contributed by atoms with E-state index in [4.69, 9.17) is 4.74 Å². The molecule has 0 saturated heterocycles. The summed E-state index contributed by atoms with van der Waals surface area (Å²) in [4.78, 5) is 24.5. The van der Waals surface area contributed by atoms with E-state index in [2.05, 4.69) is 33.4 Å². The van der Waals surface area contributed by atoms with Crippen LogP contribution in [-0.2, 0) is 27.2 Å². The number of esters is 1. The molecule has 4 nitrogen and oxygen atoms in total. The van der Waals surface area contributed by atoms with Gasteiger partial charge in [-0.3, -0.25) is 9.59 Å². The van der Waals surface area contributed by atoms with E-state index in [1.165, 1.54) is 11.1 Å². The fraction of sp³-hybridized carbons (Fsp3) is 0.333. The molecule has 0 aliphatic heterocycles. The number of nitrogens with one attached hydrogen (secondary N) is 1. The molecule has 5 heteroatoms. The number of halogens is 1. The maximum atomic E-state index is 12.5. The van der Waals surface area contributed by atoms with Crippen molar-refractivity contribution in [2.75, 3.05) is 0 Å². The Morgan fingerprint density at radius 3 is 2.69 bits per heavy atom. The number of amides is 1. The lowest BCUT2D eigenvalue weighted by molar-refractivity contribution is -0.154. The van der Waals surface area contributed by atoms with Gasteiger partial charge in [-0.2, -0.15) is 0 Å². The van der Waals surface area contributed by atoms with Crippen LogP contribution >= 0.6 is 15.9 Å². The number of fused-ring (bicyclic) bond motifs is 1. The van der Waals surface area contributed by atoms with Crippen molar-refractivity contribution in [1.82, 2.24) is 5.32 Å². The summed E-state index contributed by atoms with van der Waals surface area (Å²) in [7, 11) is 0. The second-order valence-electron chi connectivity index (χ2n) is 6.59. The number of aryl methyl sites for hydroxylation is 1. The smallest absolute Gasteiger partial charge is 0.311 e. The van der Waals surface area contributed by atoms with Crippen molar-refractivity contribution in [2.24, 2.45) is 0 Å². The zero-order valence-corrected chi connectivity index (χ0v) is 16.3. The van der Waals surface area contributed by atoms with Gasteiger partial charge in [-0.05, 0) is 55.0 Å². The van der Waals surface area contributed by atoms with E-state index in [9.17, 15) is 9.59 Å². The molecule has 2 aromatic rings. The Hall–Kier alpha value is -2.14. The summed E-state index contributed by atoms with van der Waals surface area (Å²) in [6.45, 7) is 1.61. The minimum atomic E-state index is -0.813. The molecule has 0 heterocycles. The Morgan fingerprint density at radius 2 is 1.92 bits per heavy atom. The molecule has 3 rings (SSSR count). The summed E-state index contributed by atoms with van der Waals surface area (Å²) in [6, 6.07) is 15.6. The molecule has 1 aliphatic rings. The summed E-state index contributed by atoms with van der Waals surface area (Å²) in [6.07, 6.45) is 2.33. The van der Waals surface area contributed by atoms with Gasteiger partial charge in [0.25, 0.3) is 5.91 Å². The Kier molecular flexibility index (Phi) is 6.09. The highest BCUT2D eigenvalue weighted by Gasteiger charge is 2.25. The standard InChI is InChI=1S/C21H22BrNO3/c1-14(26-20(24)13-15-9-11-17(22)12-10-15)21(25)23-19-8-4-6-16-5-2-3-7-18(16)19/h2-3,5,7,9-12,14,19H,4,6,8,13H2,1H3,(H,23,25). The lowest BCUT2D eigenvalue weighted by atomic mass is 9.87. The van der Waals surface area contributed by atoms with Gasteiger partial charge >= 0.3 is 5.97 Å². The predicted octanol–water partition coefficient (Wildman–Crippen LogP) is 4.12. The van der Waals surface area contributed by atoms with Gasteiger partial charge in [0, 0.05) is 4.47 Å². The highest BCUT2D eigenvalue weighted by molar-refractivity contribution is 9.10. The Morgan fingerprint density at radius 1 is 1.19 bits per heavy atom. The van der Waals surface area contributed by atoms with Crippen molar-refractivity contribution >= 4 is 27.8 Å². The molecule has 2 unspecified atom stereocenters. The van der Waals surface area contributed by atoms with Gasteiger partial charge < -0.3 is 10.1 Å². The van der Waals surface area contributed by atoms with E-state index < -0.39 is 12.1 Å². The molecule has 0 spiro atoms. The third-order valence-corrected chi connectivity index (χ3v) is 5.15. The number of rotatable bonds is 5. The average Bonchev–Trinajstić information content (AvgIpc) is 2.64. The highest BCUT2D eigenvalue weighted by atomic mass is 79.9. The van der Waals surface area contributed by atoms with Crippen LogP contribution in [-0.4, -0.2) is 18.0 Å². The summed E-state index contributed by atoms with van der Waals surface area (Å²) in [5.74, 6) is -0.658. The van der Waals surface area contributed by atoms with Crippen molar-refractivity contribution in [3.63, 3.8) is 0 Å². The summed E-state index contributed by atoms with van der Waals surface area (Å²) < 4.78 is 6.27. The van der Waals surface area contributed by atoms with E-state index in [-0.39, 0.29) is 18.4 Å². The minimum absolute atomic E-state index is 0.0138. The van der Waals surface area contributed by atoms with Gasteiger partial charge in [-0.1, -0.05) is 52.3 Å². The summed E-state index contributed by atoms with van der Waals surface area (Å²) in [5, 5.41) is 3.03.